The predicted molar refractivity (Wildman–Crippen MR) is 53.7 cm³/mol. The largest absolute Gasteiger partial charge is 0.467 e. The fourth-order valence-corrected chi connectivity index (χ4v) is 0.952. The zero-order valence-corrected chi connectivity index (χ0v) is 8.78. The zero-order valence-electron chi connectivity index (χ0n) is 8.03. The van der Waals surface area contributed by atoms with Crippen molar-refractivity contribution in [2.24, 2.45) is 5.73 Å². The van der Waals surface area contributed by atoms with Gasteiger partial charge in [-0.2, -0.15) is 15.0 Å². The van der Waals surface area contributed by atoms with Crippen LogP contribution in [0.25, 0.3) is 0 Å². The first-order valence-corrected chi connectivity index (χ1v) is 4.47. The molecule has 15 heavy (non-hydrogen) atoms. The quantitative estimate of drug-likeness (QED) is 0.729. The number of rotatable bonds is 5. The summed E-state index contributed by atoms with van der Waals surface area (Å²) in [6.07, 6.45) is 0.186. The van der Waals surface area contributed by atoms with E-state index in [1.165, 1.54) is 7.11 Å². The second kappa shape index (κ2) is 5.30. The molecule has 0 radical (unpaired) electrons. The number of anilines is 1. The van der Waals surface area contributed by atoms with E-state index in [2.05, 4.69) is 20.3 Å². The van der Waals surface area contributed by atoms with Gasteiger partial charge < -0.3 is 15.8 Å². The Labute approximate surface area is 91.0 Å². The second-order valence-electron chi connectivity index (χ2n) is 2.56. The van der Waals surface area contributed by atoms with Gasteiger partial charge in [-0.1, -0.05) is 0 Å². The summed E-state index contributed by atoms with van der Waals surface area (Å²) in [7, 11) is 1.42. The van der Waals surface area contributed by atoms with Crippen LogP contribution in [0, 0.1) is 0 Å². The molecule has 0 aliphatic carbocycles. The topological polar surface area (TPSA) is 103 Å². The molecule has 1 aromatic rings. The molecule has 0 unspecified atom stereocenters. The molecule has 8 heteroatoms. The zero-order chi connectivity index (χ0) is 11.3. The number of nitrogens with two attached hydrogens (primary N) is 1. The van der Waals surface area contributed by atoms with Gasteiger partial charge in [0.05, 0.1) is 7.11 Å². The molecule has 1 heterocycles. The molecular weight excluding hydrogens is 222 g/mol. The van der Waals surface area contributed by atoms with Crippen molar-refractivity contribution >= 4 is 23.5 Å². The minimum absolute atomic E-state index is 0.0171. The van der Waals surface area contributed by atoms with Crippen molar-refractivity contribution in [2.45, 2.75) is 6.42 Å². The van der Waals surface area contributed by atoms with Gasteiger partial charge >= 0.3 is 6.01 Å². The van der Waals surface area contributed by atoms with Gasteiger partial charge in [0.15, 0.2) is 0 Å². The highest BCUT2D eigenvalue weighted by Gasteiger charge is 2.04. The summed E-state index contributed by atoms with van der Waals surface area (Å²) >= 11 is 5.60. The van der Waals surface area contributed by atoms with Crippen LogP contribution in [-0.2, 0) is 4.79 Å². The number of hydrogen-bond donors (Lipinski definition) is 2. The minimum Gasteiger partial charge on any atom is -0.467 e. The van der Waals surface area contributed by atoms with E-state index < -0.39 is 5.91 Å². The smallest absolute Gasteiger partial charge is 0.322 e. The molecule has 0 saturated carbocycles. The number of carbonyl (C=O) groups is 1. The molecule has 0 atom stereocenters. The monoisotopic (exact) mass is 231 g/mol. The number of hydrogen-bond acceptors (Lipinski definition) is 6. The fourth-order valence-electron chi connectivity index (χ4n) is 0.800. The first-order chi connectivity index (χ1) is 7.11. The number of amides is 1. The van der Waals surface area contributed by atoms with Crippen LogP contribution in [0.1, 0.15) is 6.42 Å². The lowest BCUT2D eigenvalue weighted by molar-refractivity contribution is -0.117. The number of nitrogens with one attached hydrogen (secondary N) is 1. The number of aromatic nitrogens is 3. The van der Waals surface area contributed by atoms with E-state index in [4.69, 9.17) is 22.1 Å². The van der Waals surface area contributed by atoms with E-state index in [0.717, 1.165) is 0 Å². The Morgan fingerprint density at radius 2 is 2.27 bits per heavy atom. The lowest BCUT2D eigenvalue weighted by Crippen LogP contribution is -2.17. The number of carbonyl (C=O) groups excluding carboxylic acids is 1. The van der Waals surface area contributed by atoms with Crippen LogP contribution in [0.2, 0.25) is 5.28 Å². The van der Waals surface area contributed by atoms with Crippen LogP contribution >= 0.6 is 11.6 Å². The maximum absolute atomic E-state index is 10.5. The third kappa shape index (κ3) is 3.94. The maximum atomic E-state index is 10.5. The summed E-state index contributed by atoms with van der Waals surface area (Å²) in [5.41, 5.74) is 4.96. The van der Waals surface area contributed by atoms with Gasteiger partial charge in [0.2, 0.25) is 17.1 Å². The summed E-state index contributed by atoms with van der Waals surface area (Å²) in [4.78, 5) is 21.8. The number of primary amides is 1. The highest BCUT2D eigenvalue weighted by molar-refractivity contribution is 6.28. The molecule has 1 amide bonds. The number of methoxy groups -OCH3 is 1. The Bertz CT molecular complexity index is 359. The number of nitrogens with zero attached hydrogens (tertiary/aromatic N) is 3. The lowest BCUT2D eigenvalue weighted by atomic mass is 10.4. The van der Waals surface area contributed by atoms with E-state index in [-0.39, 0.29) is 23.7 Å². The van der Waals surface area contributed by atoms with Gasteiger partial charge in [0.25, 0.3) is 0 Å². The predicted octanol–water partition coefficient (Wildman–Crippen LogP) is -0.179. The Hall–Kier alpha value is -1.63. The van der Waals surface area contributed by atoms with Crippen molar-refractivity contribution in [3.05, 3.63) is 5.28 Å². The number of ether oxygens (including phenoxy) is 1. The van der Waals surface area contributed by atoms with Crippen molar-refractivity contribution in [1.82, 2.24) is 15.0 Å². The van der Waals surface area contributed by atoms with Gasteiger partial charge in [0.1, 0.15) is 0 Å². The summed E-state index contributed by atoms with van der Waals surface area (Å²) in [5.74, 6) is -0.164. The van der Waals surface area contributed by atoms with Crippen LogP contribution in [0.4, 0.5) is 5.95 Å². The van der Waals surface area contributed by atoms with Crippen molar-refractivity contribution in [3.8, 4) is 6.01 Å². The minimum atomic E-state index is -0.408. The van der Waals surface area contributed by atoms with Gasteiger partial charge in [-0.05, 0) is 11.6 Å². The van der Waals surface area contributed by atoms with Crippen LogP contribution in [0.3, 0.4) is 0 Å². The second-order valence-corrected chi connectivity index (χ2v) is 2.90. The lowest BCUT2D eigenvalue weighted by Gasteiger charge is -2.04. The normalized spacial score (nSPS) is 9.73. The van der Waals surface area contributed by atoms with Gasteiger partial charge in [-0.25, -0.2) is 0 Å². The molecule has 1 aromatic heterocycles. The molecule has 0 aliphatic heterocycles. The van der Waals surface area contributed by atoms with Crippen LogP contribution in [-0.4, -0.2) is 34.5 Å². The van der Waals surface area contributed by atoms with Gasteiger partial charge in [-0.3, -0.25) is 4.79 Å². The molecule has 0 saturated heterocycles. The molecule has 7 nitrogen and oxygen atoms in total. The summed E-state index contributed by atoms with van der Waals surface area (Å²) < 4.78 is 4.78. The van der Waals surface area contributed by atoms with E-state index in [9.17, 15) is 4.79 Å². The third-order valence-corrected chi connectivity index (χ3v) is 1.59. The highest BCUT2D eigenvalue weighted by Crippen LogP contribution is 2.10. The fraction of sp³-hybridized carbons (Fsp3) is 0.429. The molecule has 0 bridgehead atoms. The van der Waals surface area contributed by atoms with Crippen LogP contribution < -0.4 is 15.8 Å². The average molecular weight is 232 g/mol. The van der Waals surface area contributed by atoms with Crippen molar-refractivity contribution in [3.63, 3.8) is 0 Å². The summed E-state index contributed by atoms with van der Waals surface area (Å²) in [5, 5.41) is 2.78. The average Bonchev–Trinajstić information content (AvgIpc) is 2.16. The van der Waals surface area contributed by atoms with E-state index in [0.29, 0.717) is 6.54 Å². The first-order valence-electron chi connectivity index (χ1n) is 4.09. The maximum Gasteiger partial charge on any atom is 0.322 e. The van der Waals surface area contributed by atoms with Crippen LogP contribution in [0.5, 0.6) is 6.01 Å². The molecular formula is C7H10ClN5O2. The Morgan fingerprint density at radius 1 is 1.53 bits per heavy atom. The van der Waals surface area contributed by atoms with Crippen LogP contribution in [0.15, 0.2) is 0 Å². The standard InChI is InChI=1S/C7H10ClN5O2/c1-15-7-12-5(8)11-6(13-7)10-3-2-4(9)14/h2-3H2,1H3,(H2,9,14)(H,10,11,12,13). The molecule has 3 N–H and O–H groups in total. The molecule has 0 spiro atoms. The Balaban J connectivity index is 2.60. The highest BCUT2D eigenvalue weighted by atomic mass is 35.5. The molecule has 0 fully saturated rings. The number of halogens is 1. The molecule has 0 aromatic carbocycles. The SMILES string of the molecule is COc1nc(Cl)nc(NCCC(N)=O)n1. The van der Waals surface area contributed by atoms with E-state index >= 15 is 0 Å². The molecule has 0 aliphatic rings. The first kappa shape index (κ1) is 11.4. The van der Waals surface area contributed by atoms with E-state index in [1.807, 2.05) is 0 Å². The van der Waals surface area contributed by atoms with Crippen molar-refractivity contribution in [1.29, 1.82) is 0 Å². The Morgan fingerprint density at radius 3 is 2.87 bits per heavy atom. The van der Waals surface area contributed by atoms with E-state index in [1.54, 1.807) is 0 Å². The molecule has 1 rings (SSSR count). The summed E-state index contributed by atoms with van der Waals surface area (Å²) in [6.45, 7) is 0.332. The van der Waals surface area contributed by atoms with Crippen molar-refractivity contribution in [2.75, 3.05) is 19.0 Å². The third-order valence-electron chi connectivity index (χ3n) is 1.42. The summed E-state index contributed by atoms with van der Waals surface area (Å²) in [6, 6.07) is 0.108. The van der Waals surface area contributed by atoms with Gasteiger partial charge in [0, 0.05) is 13.0 Å². The Kier molecular flexibility index (Phi) is 4.04. The molecule has 82 valence electrons. The van der Waals surface area contributed by atoms with Crippen molar-refractivity contribution < 1.29 is 9.53 Å². The van der Waals surface area contributed by atoms with Gasteiger partial charge in [-0.15, -0.1) is 0 Å².